The molecule has 1 atom stereocenters. The minimum Gasteiger partial charge on any atom is -0.496 e. The highest BCUT2D eigenvalue weighted by atomic mass is 28.4. The fourth-order valence-electron chi connectivity index (χ4n) is 3.94. The molecule has 2 N–H and O–H groups in total. The number of benzene rings is 1. The summed E-state index contributed by atoms with van der Waals surface area (Å²) in [4.78, 5) is 17.8. The van der Waals surface area contributed by atoms with Gasteiger partial charge in [-0.2, -0.15) is 0 Å². The molecule has 2 aromatic heterocycles. The Balaban J connectivity index is 1.52. The number of anilines is 1. The molecule has 1 aliphatic rings. The van der Waals surface area contributed by atoms with Gasteiger partial charge < -0.3 is 19.8 Å². The maximum absolute atomic E-state index is 13.2. The summed E-state index contributed by atoms with van der Waals surface area (Å²) in [5.41, 5.74) is 3.33. The second-order valence-corrected chi connectivity index (χ2v) is 15.8. The second kappa shape index (κ2) is 10.7. The fraction of sp³-hybridized carbons (Fsp3) is 0.500. The van der Waals surface area contributed by atoms with Crippen LogP contribution in [0.15, 0.2) is 30.3 Å². The first kappa shape index (κ1) is 26.9. The van der Waals surface area contributed by atoms with E-state index >= 15 is 0 Å². The number of tetrazole rings is 1. The maximum Gasteiger partial charge on any atom is 0.260 e. The van der Waals surface area contributed by atoms with Gasteiger partial charge in [0, 0.05) is 6.54 Å². The molecule has 3 heterocycles. The second-order valence-electron chi connectivity index (χ2n) is 11.0. The zero-order chi connectivity index (χ0) is 26.8. The summed E-state index contributed by atoms with van der Waals surface area (Å²) in [6.45, 7) is 15.3. The van der Waals surface area contributed by atoms with E-state index in [1.807, 2.05) is 31.2 Å². The minimum absolute atomic E-state index is 0.0902. The summed E-state index contributed by atoms with van der Waals surface area (Å²) in [6.07, 6.45) is 0.908. The molecule has 0 saturated heterocycles. The molecule has 1 aromatic carbocycles. The van der Waals surface area contributed by atoms with Crippen LogP contribution >= 0.6 is 0 Å². The highest BCUT2D eigenvalue weighted by molar-refractivity contribution is 6.74. The number of carbonyl (C=O) groups excluding carboxylic acids is 1. The number of rotatable bonds is 8. The lowest BCUT2D eigenvalue weighted by Crippen LogP contribution is -2.42. The standard InChI is InChI=1S/C26H37N7O3Si/c1-17(16-36-37(6,7)26(2,3)4)33-24(30-31-32-33)21-9-8-10-23(28-21)29-25(34)20-13-19-15-27-12-11-18(19)14-22(20)35-5/h8-10,13-14,17,27H,11-12,15-16H2,1-7H3,(H,28,29,34). The van der Waals surface area contributed by atoms with Gasteiger partial charge in [0.15, 0.2) is 8.32 Å². The predicted octanol–water partition coefficient (Wildman–Crippen LogP) is 4.22. The molecule has 0 bridgehead atoms. The number of fused-ring (bicyclic) bond motifs is 1. The van der Waals surface area contributed by atoms with Crippen LogP contribution in [0.2, 0.25) is 18.1 Å². The van der Waals surface area contributed by atoms with Gasteiger partial charge in [0.05, 0.1) is 25.3 Å². The van der Waals surface area contributed by atoms with E-state index in [-0.39, 0.29) is 17.0 Å². The molecule has 0 saturated carbocycles. The van der Waals surface area contributed by atoms with Gasteiger partial charge in [-0.3, -0.25) is 4.79 Å². The first-order valence-electron chi connectivity index (χ1n) is 12.6. The number of methoxy groups -OCH3 is 1. The third-order valence-electron chi connectivity index (χ3n) is 7.27. The van der Waals surface area contributed by atoms with Crippen LogP contribution in [0.3, 0.4) is 0 Å². The molecule has 0 spiro atoms. The fourth-order valence-corrected chi connectivity index (χ4v) is 5.04. The Kier molecular flexibility index (Phi) is 7.76. The molecule has 3 aromatic rings. The van der Waals surface area contributed by atoms with E-state index in [1.165, 1.54) is 5.56 Å². The molecule has 37 heavy (non-hydrogen) atoms. The van der Waals surface area contributed by atoms with Crippen molar-refractivity contribution in [1.29, 1.82) is 0 Å². The van der Waals surface area contributed by atoms with E-state index in [1.54, 1.807) is 17.9 Å². The molecule has 4 rings (SSSR count). The summed E-state index contributed by atoms with van der Waals surface area (Å²) < 4.78 is 13.6. The smallest absolute Gasteiger partial charge is 0.260 e. The van der Waals surface area contributed by atoms with Crippen LogP contribution in [0.25, 0.3) is 11.5 Å². The lowest BCUT2D eigenvalue weighted by Gasteiger charge is -2.36. The Hall–Kier alpha value is -3.15. The topological polar surface area (TPSA) is 116 Å². The van der Waals surface area contributed by atoms with Gasteiger partial charge in [-0.15, -0.1) is 5.10 Å². The van der Waals surface area contributed by atoms with Crippen molar-refractivity contribution in [2.45, 2.75) is 64.8 Å². The van der Waals surface area contributed by atoms with E-state index in [2.05, 4.69) is 65.0 Å². The van der Waals surface area contributed by atoms with Gasteiger partial charge >= 0.3 is 0 Å². The van der Waals surface area contributed by atoms with E-state index in [0.29, 0.717) is 35.3 Å². The highest BCUT2D eigenvalue weighted by Gasteiger charge is 2.37. The van der Waals surface area contributed by atoms with E-state index < -0.39 is 8.32 Å². The molecular weight excluding hydrogens is 486 g/mol. The molecule has 1 unspecified atom stereocenters. The Morgan fingerprint density at radius 1 is 1.24 bits per heavy atom. The summed E-state index contributed by atoms with van der Waals surface area (Å²) in [6, 6.07) is 9.14. The number of pyridine rings is 1. The Labute approximate surface area is 219 Å². The molecule has 1 aliphatic heterocycles. The van der Waals surface area contributed by atoms with E-state index in [4.69, 9.17) is 9.16 Å². The van der Waals surface area contributed by atoms with Crippen LogP contribution in [0.4, 0.5) is 5.82 Å². The Bertz CT molecular complexity index is 1270. The average molecular weight is 524 g/mol. The van der Waals surface area contributed by atoms with Crippen LogP contribution < -0.4 is 15.4 Å². The Morgan fingerprint density at radius 2 is 2.03 bits per heavy atom. The lowest BCUT2D eigenvalue weighted by molar-refractivity contribution is 0.102. The SMILES string of the molecule is COc1cc2c(cc1C(=O)Nc1cccc(-c3nnnn3C(C)CO[Si](C)(C)C(C)(C)C)n1)CNCC2. The van der Waals surface area contributed by atoms with Crippen LogP contribution in [0.1, 0.15) is 55.2 Å². The molecular formula is C26H37N7O3Si. The molecule has 0 fully saturated rings. The van der Waals surface area contributed by atoms with Gasteiger partial charge in [-0.25, -0.2) is 9.67 Å². The van der Waals surface area contributed by atoms with E-state index in [0.717, 1.165) is 25.1 Å². The average Bonchev–Trinajstić information content (AvgIpc) is 3.36. The lowest BCUT2D eigenvalue weighted by atomic mass is 9.97. The first-order valence-corrected chi connectivity index (χ1v) is 15.5. The van der Waals surface area contributed by atoms with Crippen LogP contribution in [0, 0.1) is 0 Å². The van der Waals surface area contributed by atoms with Crippen LogP contribution in [0.5, 0.6) is 5.75 Å². The zero-order valence-electron chi connectivity index (χ0n) is 22.8. The normalized spacial score (nSPS) is 14.7. The third-order valence-corrected chi connectivity index (χ3v) is 11.8. The highest BCUT2D eigenvalue weighted by Crippen LogP contribution is 2.37. The van der Waals surface area contributed by atoms with Crippen molar-refractivity contribution in [3.63, 3.8) is 0 Å². The summed E-state index contributed by atoms with van der Waals surface area (Å²) in [7, 11) is -0.335. The minimum atomic E-state index is -1.91. The summed E-state index contributed by atoms with van der Waals surface area (Å²) in [5, 5.41) is 18.7. The number of nitrogens with zero attached hydrogens (tertiary/aromatic N) is 5. The number of aromatic nitrogens is 5. The van der Waals surface area contributed by atoms with Crippen LogP contribution in [-0.4, -0.2) is 59.7 Å². The molecule has 11 heteroatoms. The largest absolute Gasteiger partial charge is 0.496 e. The van der Waals surface area contributed by atoms with Gasteiger partial charge in [0.2, 0.25) is 5.82 Å². The van der Waals surface area contributed by atoms with Crippen LogP contribution in [-0.2, 0) is 17.4 Å². The predicted molar refractivity (Wildman–Crippen MR) is 145 cm³/mol. The molecule has 0 radical (unpaired) electrons. The summed E-state index contributed by atoms with van der Waals surface area (Å²) in [5.74, 6) is 1.18. The van der Waals surface area contributed by atoms with Crippen molar-refractivity contribution in [2.24, 2.45) is 0 Å². The molecule has 1 amide bonds. The number of hydrogen-bond donors (Lipinski definition) is 2. The van der Waals surface area contributed by atoms with Crippen molar-refractivity contribution >= 4 is 20.0 Å². The van der Waals surface area contributed by atoms with Crippen molar-refractivity contribution in [2.75, 3.05) is 25.6 Å². The van der Waals surface area contributed by atoms with Crippen molar-refractivity contribution in [1.82, 2.24) is 30.5 Å². The number of ether oxygens (including phenoxy) is 1. The first-order chi connectivity index (χ1) is 17.5. The van der Waals surface area contributed by atoms with Gasteiger partial charge in [-0.05, 0) is 83.8 Å². The monoisotopic (exact) mass is 523 g/mol. The number of amides is 1. The number of carbonyl (C=O) groups is 1. The van der Waals surface area contributed by atoms with Crippen molar-refractivity contribution in [3.05, 3.63) is 47.0 Å². The Morgan fingerprint density at radius 3 is 2.76 bits per heavy atom. The molecule has 10 nitrogen and oxygen atoms in total. The van der Waals surface area contributed by atoms with Crippen molar-refractivity contribution in [3.8, 4) is 17.3 Å². The molecule has 0 aliphatic carbocycles. The van der Waals surface area contributed by atoms with Crippen molar-refractivity contribution < 1.29 is 14.0 Å². The zero-order valence-corrected chi connectivity index (χ0v) is 23.8. The number of hydrogen-bond acceptors (Lipinski definition) is 8. The van der Waals surface area contributed by atoms with Gasteiger partial charge in [0.1, 0.15) is 17.3 Å². The third kappa shape index (κ3) is 5.89. The van der Waals surface area contributed by atoms with Gasteiger partial charge in [0.25, 0.3) is 5.91 Å². The van der Waals surface area contributed by atoms with E-state index in [9.17, 15) is 4.79 Å². The molecule has 198 valence electrons. The van der Waals surface area contributed by atoms with Gasteiger partial charge in [-0.1, -0.05) is 26.8 Å². The quantitative estimate of drug-likeness (QED) is 0.422. The summed E-state index contributed by atoms with van der Waals surface area (Å²) >= 11 is 0. The number of nitrogens with one attached hydrogen (secondary N) is 2. The maximum atomic E-state index is 13.2.